The highest BCUT2D eigenvalue weighted by molar-refractivity contribution is 7.13. The van der Waals surface area contributed by atoms with Gasteiger partial charge in [0.05, 0.1) is 11.2 Å². The van der Waals surface area contributed by atoms with Crippen LogP contribution in [0, 0.1) is 6.92 Å². The summed E-state index contributed by atoms with van der Waals surface area (Å²) in [6.45, 7) is 6.34. The minimum Gasteiger partial charge on any atom is -0.334 e. The molecule has 2 aliphatic rings. The van der Waals surface area contributed by atoms with Gasteiger partial charge in [-0.2, -0.15) is 0 Å². The second-order valence-electron chi connectivity index (χ2n) is 5.90. The second-order valence-corrected chi connectivity index (χ2v) is 7.13. The Balaban J connectivity index is 1.64. The van der Waals surface area contributed by atoms with Crippen LogP contribution in [-0.2, 0) is 0 Å². The number of carbonyl (C=O) groups excluding carboxylic acids is 1. The molecule has 1 atom stereocenters. The van der Waals surface area contributed by atoms with Crippen LogP contribution in [0.4, 0.5) is 0 Å². The molecule has 1 amide bonds. The van der Waals surface area contributed by atoms with Crippen molar-refractivity contribution in [3.63, 3.8) is 0 Å². The molecule has 1 unspecified atom stereocenters. The lowest BCUT2D eigenvalue weighted by Gasteiger charge is -2.32. The lowest BCUT2D eigenvalue weighted by atomic mass is 10.1. The van der Waals surface area contributed by atoms with Crippen molar-refractivity contribution >= 4 is 17.2 Å². The van der Waals surface area contributed by atoms with Crippen molar-refractivity contribution in [1.29, 1.82) is 0 Å². The molecular formula is C15H23N3OS. The lowest BCUT2D eigenvalue weighted by Crippen LogP contribution is -2.44. The van der Waals surface area contributed by atoms with Crippen molar-refractivity contribution in [1.82, 2.24) is 14.8 Å². The first kappa shape index (κ1) is 14.0. The van der Waals surface area contributed by atoms with E-state index in [0.717, 1.165) is 35.8 Å². The maximum absolute atomic E-state index is 12.6. The lowest BCUT2D eigenvalue weighted by molar-refractivity contribution is 0.0695. The van der Waals surface area contributed by atoms with E-state index in [-0.39, 0.29) is 5.91 Å². The number of hydrogen-bond acceptors (Lipinski definition) is 4. The van der Waals surface area contributed by atoms with Gasteiger partial charge in [-0.1, -0.05) is 6.42 Å². The fraction of sp³-hybridized carbons (Fsp3) is 0.733. The Hall–Kier alpha value is -0.940. The van der Waals surface area contributed by atoms with E-state index in [1.807, 2.05) is 6.92 Å². The third-order valence-electron chi connectivity index (χ3n) is 4.39. The molecule has 0 bridgehead atoms. The van der Waals surface area contributed by atoms with E-state index in [2.05, 4.69) is 14.8 Å². The first-order chi connectivity index (χ1) is 9.74. The molecule has 0 saturated carbocycles. The summed E-state index contributed by atoms with van der Waals surface area (Å²) < 4.78 is 0. The Morgan fingerprint density at radius 3 is 2.80 bits per heavy atom. The fourth-order valence-corrected chi connectivity index (χ4v) is 4.07. The third-order valence-corrected chi connectivity index (χ3v) is 5.29. The molecule has 3 rings (SSSR count). The van der Waals surface area contributed by atoms with Crippen LogP contribution in [0.5, 0.6) is 0 Å². The molecule has 0 N–H and O–H groups in total. The molecule has 0 radical (unpaired) electrons. The van der Waals surface area contributed by atoms with Gasteiger partial charge in [0.2, 0.25) is 0 Å². The van der Waals surface area contributed by atoms with E-state index in [1.54, 1.807) is 6.20 Å². The number of piperidine rings is 1. The number of likely N-dealkylation sites (tertiary alicyclic amines) is 2. The van der Waals surface area contributed by atoms with E-state index in [4.69, 9.17) is 0 Å². The molecule has 20 heavy (non-hydrogen) atoms. The first-order valence-corrected chi connectivity index (χ1v) is 8.51. The number of nitrogens with zero attached hydrogens (tertiary/aromatic N) is 3. The minimum atomic E-state index is 0.190. The predicted octanol–water partition coefficient (Wildman–Crippen LogP) is 2.54. The van der Waals surface area contributed by atoms with Crippen molar-refractivity contribution in [2.75, 3.05) is 26.2 Å². The number of hydrogen-bond donors (Lipinski definition) is 0. The Kier molecular flexibility index (Phi) is 4.36. The van der Waals surface area contributed by atoms with Crippen molar-refractivity contribution < 1.29 is 4.79 Å². The van der Waals surface area contributed by atoms with Crippen molar-refractivity contribution in [3.05, 3.63) is 16.1 Å². The average Bonchev–Trinajstić information content (AvgIpc) is 3.08. The van der Waals surface area contributed by atoms with Crippen LogP contribution < -0.4 is 0 Å². The van der Waals surface area contributed by atoms with Gasteiger partial charge in [-0.15, -0.1) is 11.3 Å². The Morgan fingerprint density at radius 2 is 2.10 bits per heavy atom. The Bertz CT molecular complexity index is 467. The highest BCUT2D eigenvalue weighted by Crippen LogP contribution is 2.24. The average molecular weight is 293 g/mol. The zero-order valence-corrected chi connectivity index (χ0v) is 13.0. The molecule has 2 saturated heterocycles. The summed E-state index contributed by atoms with van der Waals surface area (Å²) in [7, 11) is 0. The zero-order chi connectivity index (χ0) is 13.9. The molecule has 0 spiro atoms. The monoisotopic (exact) mass is 293 g/mol. The molecule has 110 valence electrons. The maximum atomic E-state index is 12.6. The minimum absolute atomic E-state index is 0.190. The van der Waals surface area contributed by atoms with E-state index < -0.39 is 0 Å². The molecule has 4 nitrogen and oxygen atoms in total. The highest BCUT2D eigenvalue weighted by atomic mass is 32.1. The number of thiazole rings is 1. The van der Waals surface area contributed by atoms with Crippen LogP contribution in [0.25, 0.3) is 0 Å². The zero-order valence-electron chi connectivity index (χ0n) is 12.2. The summed E-state index contributed by atoms with van der Waals surface area (Å²) in [6.07, 6.45) is 8.02. The molecule has 5 heteroatoms. The maximum Gasteiger partial charge on any atom is 0.265 e. The van der Waals surface area contributed by atoms with Gasteiger partial charge < -0.3 is 9.80 Å². The number of rotatable bonds is 3. The largest absolute Gasteiger partial charge is 0.334 e. The van der Waals surface area contributed by atoms with Gasteiger partial charge in [0.15, 0.2) is 0 Å². The molecule has 3 heterocycles. The molecule has 2 fully saturated rings. The number of carbonyl (C=O) groups is 1. The summed E-state index contributed by atoms with van der Waals surface area (Å²) >= 11 is 1.51. The second kappa shape index (κ2) is 6.22. The summed E-state index contributed by atoms with van der Waals surface area (Å²) in [5, 5.41) is 0.972. The number of aromatic nitrogens is 1. The van der Waals surface area contributed by atoms with E-state index in [1.165, 1.54) is 43.7 Å². The van der Waals surface area contributed by atoms with Gasteiger partial charge in [-0.25, -0.2) is 4.98 Å². The summed E-state index contributed by atoms with van der Waals surface area (Å²) in [5.74, 6) is 0.190. The van der Waals surface area contributed by atoms with Crippen molar-refractivity contribution in [3.8, 4) is 0 Å². The van der Waals surface area contributed by atoms with Gasteiger partial charge in [0, 0.05) is 19.1 Å². The van der Waals surface area contributed by atoms with Crippen LogP contribution in [0.15, 0.2) is 6.20 Å². The molecular weight excluding hydrogens is 270 g/mol. The van der Waals surface area contributed by atoms with E-state index in [0.29, 0.717) is 6.04 Å². The molecule has 0 aromatic carbocycles. The third kappa shape index (κ3) is 3.04. The molecule has 0 aliphatic carbocycles. The van der Waals surface area contributed by atoms with Crippen LogP contribution >= 0.6 is 11.3 Å². The van der Waals surface area contributed by atoms with E-state index >= 15 is 0 Å². The normalized spacial score (nSPS) is 24.2. The Morgan fingerprint density at radius 1 is 1.30 bits per heavy atom. The van der Waals surface area contributed by atoms with Gasteiger partial charge in [-0.3, -0.25) is 4.79 Å². The fourth-order valence-electron chi connectivity index (χ4n) is 3.33. The SMILES string of the molecule is Cc1ncc(C(=O)N2CCCC2CN2CCCCC2)s1. The van der Waals surface area contributed by atoms with Gasteiger partial charge in [0.1, 0.15) is 4.88 Å². The van der Waals surface area contributed by atoms with Crippen molar-refractivity contribution in [2.24, 2.45) is 0 Å². The number of aryl methyl sites for hydroxylation is 1. The summed E-state index contributed by atoms with van der Waals surface area (Å²) in [4.78, 5) is 22.2. The van der Waals surface area contributed by atoms with Crippen LogP contribution in [0.3, 0.4) is 0 Å². The first-order valence-electron chi connectivity index (χ1n) is 7.70. The van der Waals surface area contributed by atoms with Crippen molar-refractivity contribution in [2.45, 2.75) is 45.1 Å². The summed E-state index contributed by atoms with van der Waals surface area (Å²) in [6, 6.07) is 0.406. The van der Waals surface area contributed by atoms with Gasteiger partial charge >= 0.3 is 0 Å². The van der Waals surface area contributed by atoms with E-state index in [9.17, 15) is 4.79 Å². The van der Waals surface area contributed by atoms with Gasteiger partial charge in [0.25, 0.3) is 5.91 Å². The number of amides is 1. The smallest absolute Gasteiger partial charge is 0.265 e. The predicted molar refractivity (Wildman–Crippen MR) is 81.2 cm³/mol. The van der Waals surface area contributed by atoms with Gasteiger partial charge in [-0.05, 0) is 45.7 Å². The highest BCUT2D eigenvalue weighted by Gasteiger charge is 2.31. The molecule has 2 aliphatic heterocycles. The topological polar surface area (TPSA) is 36.4 Å². The van der Waals surface area contributed by atoms with Crippen LogP contribution in [0.2, 0.25) is 0 Å². The molecule has 1 aromatic heterocycles. The summed E-state index contributed by atoms with van der Waals surface area (Å²) in [5.41, 5.74) is 0. The van der Waals surface area contributed by atoms with Crippen LogP contribution in [-0.4, -0.2) is 52.9 Å². The standard InChI is InChI=1S/C15H23N3OS/c1-12-16-10-14(20-12)15(19)18-9-5-6-13(18)11-17-7-3-2-4-8-17/h10,13H,2-9,11H2,1H3. The quantitative estimate of drug-likeness (QED) is 0.859. The molecule has 1 aromatic rings. The Labute approximate surface area is 124 Å². The van der Waals surface area contributed by atoms with Crippen LogP contribution in [0.1, 0.15) is 46.8 Å².